The molecule has 0 saturated carbocycles. The van der Waals surface area contributed by atoms with Crippen LogP contribution in [-0.4, -0.2) is 32.1 Å². The van der Waals surface area contributed by atoms with Crippen LogP contribution in [0, 0.1) is 0 Å². The SMILES string of the molecule is CCOc1ccccc1/C=C1\Oc2cc(OCC(=O)OC)ccc2C1=O. The zero-order chi connectivity index (χ0) is 18.5. The molecule has 0 fully saturated rings. The Bertz CT molecular complexity index is 868. The number of methoxy groups -OCH3 is 1. The third-order valence-corrected chi connectivity index (χ3v) is 3.73. The Balaban J connectivity index is 1.82. The van der Waals surface area contributed by atoms with Gasteiger partial charge in [-0.3, -0.25) is 4.79 Å². The number of allylic oxidation sites excluding steroid dienone is 1. The van der Waals surface area contributed by atoms with E-state index in [1.165, 1.54) is 7.11 Å². The second-order valence-electron chi connectivity index (χ2n) is 5.43. The van der Waals surface area contributed by atoms with E-state index in [0.29, 0.717) is 29.4 Å². The number of ether oxygens (including phenoxy) is 4. The van der Waals surface area contributed by atoms with Gasteiger partial charge in [-0.25, -0.2) is 4.79 Å². The highest BCUT2D eigenvalue weighted by Gasteiger charge is 2.28. The average molecular weight is 354 g/mol. The van der Waals surface area contributed by atoms with Crippen molar-refractivity contribution in [1.82, 2.24) is 0 Å². The molecule has 0 unspecified atom stereocenters. The van der Waals surface area contributed by atoms with Gasteiger partial charge in [0.15, 0.2) is 12.4 Å². The lowest BCUT2D eigenvalue weighted by molar-refractivity contribution is -0.142. The van der Waals surface area contributed by atoms with Gasteiger partial charge in [-0.15, -0.1) is 0 Å². The molecule has 0 N–H and O–H groups in total. The maximum absolute atomic E-state index is 12.5. The van der Waals surface area contributed by atoms with Crippen molar-refractivity contribution in [1.29, 1.82) is 0 Å². The van der Waals surface area contributed by atoms with Gasteiger partial charge < -0.3 is 18.9 Å². The van der Waals surface area contributed by atoms with Crippen molar-refractivity contribution in [2.45, 2.75) is 6.92 Å². The number of para-hydroxylation sites is 1. The molecule has 3 rings (SSSR count). The minimum absolute atomic E-state index is 0.206. The van der Waals surface area contributed by atoms with E-state index in [1.807, 2.05) is 31.2 Å². The second kappa shape index (κ2) is 7.74. The standard InChI is InChI=1S/C20H18O6/c1-3-24-16-7-5-4-6-13(16)10-18-20(22)15-9-8-14(11-17(15)26-18)25-12-19(21)23-2/h4-11H,3,12H2,1-2H3/b18-10-. The summed E-state index contributed by atoms with van der Waals surface area (Å²) in [6, 6.07) is 12.2. The molecule has 1 aliphatic heterocycles. The van der Waals surface area contributed by atoms with Gasteiger partial charge in [-0.1, -0.05) is 18.2 Å². The van der Waals surface area contributed by atoms with Gasteiger partial charge in [0.1, 0.15) is 17.2 Å². The number of fused-ring (bicyclic) bond motifs is 1. The van der Waals surface area contributed by atoms with Crippen LogP contribution in [-0.2, 0) is 9.53 Å². The summed E-state index contributed by atoms with van der Waals surface area (Å²) in [6.07, 6.45) is 1.66. The molecule has 0 saturated heterocycles. The highest BCUT2D eigenvalue weighted by Crippen LogP contribution is 2.35. The first-order chi connectivity index (χ1) is 12.6. The van der Waals surface area contributed by atoms with Crippen molar-refractivity contribution in [2.75, 3.05) is 20.3 Å². The molecule has 0 spiro atoms. The van der Waals surface area contributed by atoms with Gasteiger partial charge in [-0.05, 0) is 31.2 Å². The van der Waals surface area contributed by atoms with E-state index < -0.39 is 5.97 Å². The summed E-state index contributed by atoms with van der Waals surface area (Å²) in [6.45, 7) is 2.20. The van der Waals surface area contributed by atoms with Gasteiger partial charge in [0, 0.05) is 11.6 Å². The highest BCUT2D eigenvalue weighted by atomic mass is 16.6. The third-order valence-electron chi connectivity index (χ3n) is 3.73. The summed E-state index contributed by atoms with van der Waals surface area (Å²) < 4.78 is 21.1. The molecule has 0 radical (unpaired) electrons. The predicted octanol–water partition coefficient (Wildman–Crippen LogP) is 3.25. The van der Waals surface area contributed by atoms with Crippen LogP contribution in [0.1, 0.15) is 22.8 Å². The van der Waals surface area contributed by atoms with E-state index in [0.717, 1.165) is 5.56 Å². The molecule has 6 heteroatoms. The highest BCUT2D eigenvalue weighted by molar-refractivity contribution is 6.14. The average Bonchev–Trinajstić information content (AvgIpc) is 2.96. The number of ketones is 1. The zero-order valence-electron chi connectivity index (χ0n) is 14.5. The summed E-state index contributed by atoms with van der Waals surface area (Å²) >= 11 is 0. The Morgan fingerprint density at radius 1 is 1.15 bits per heavy atom. The molecular formula is C20H18O6. The summed E-state index contributed by atoms with van der Waals surface area (Å²) in [4.78, 5) is 23.7. The molecule has 0 aromatic heterocycles. The van der Waals surface area contributed by atoms with Crippen LogP contribution in [0.25, 0.3) is 6.08 Å². The molecule has 0 amide bonds. The molecule has 6 nitrogen and oxygen atoms in total. The van der Waals surface area contributed by atoms with E-state index >= 15 is 0 Å². The van der Waals surface area contributed by atoms with Crippen molar-refractivity contribution >= 4 is 17.8 Å². The Kier molecular flexibility index (Phi) is 5.22. The summed E-state index contributed by atoms with van der Waals surface area (Å²) in [5, 5.41) is 0. The molecule has 1 heterocycles. The van der Waals surface area contributed by atoms with E-state index in [9.17, 15) is 9.59 Å². The van der Waals surface area contributed by atoms with Gasteiger partial charge in [-0.2, -0.15) is 0 Å². The van der Waals surface area contributed by atoms with Gasteiger partial charge >= 0.3 is 5.97 Å². The lowest BCUT2D eigenvalue weighted by Crippen LogP contribution is -2.12. The minimum atomic E-state index is -0.490. The van der Waals surface area contributed by atoms with Crippen LogP contribution >= 0.6 is 0 Å². The van der Waals surface area contributed by atoms with Crippen molar-refractivity contribution in [2.24, 2.45) is 0 Å². The molecule has 0 bridgehead atoms. The largest absolute Gasteiger partial charge is 0.493 e. The Morgan fingerprint density at radius 2 is 1.96 bits per heavy atom. The monoisotopic (exact) mass is 354 g/mol. The maximum atomic E-state index is 12.5. The third kappa shape index (κ3) is 3.69. The zero-order valence-corrected chi connectivity index (χ0v) is 14.5. The molecule has 0 aliphatic carbocycles. The number of carbonyl (C=O) groups is 2. The summed E-state index contributed by atoms with van der Waals surface area (Å²) in [7, 11) is 1.29. The molecule has 2 aromatic rings. The van der Waals surface area contributed by atoms with Crippen LogP contribution in [0.2, 0.25) is 0 Å². The molecule has 26 heavy (non-hydrogen) atoms. The van der Waals surface area contributed by atoms with Gasteiger partial charge in [0.25, 0.3) is 0 Å². The smallest absolute Gasteiger partial charge is 0.343 e. The Hall–Kier alpha value is -3.28. The lowest BCUT2D eigenvalue weighted by atomic mass is 10.1. The van der Waals surface area contributed by atoms with Gasteiger partial charge in [0.05, 0.1) is 19.3 Å². The number of hydrogen-bond donors (Lipinski definition) is 0. The quantitative estimate of drug-likeness (QED) is 0.586. The summed E-state index contributed by atoms with van der Waals surface area (Å²) in [5.74, 6) is 0.978. The van der Waals surface area contributed by atoms with Crippen LogP contribution in [0.5, 0.6) is 17.2 Å². The number of hydrogen-bond acceptors (Lipinski definition) is 6. The number of carbonyl (C=O) groups excluding carboxylic acids is 2. The molecule has 0 atom stereocenters. The van der Waals surface area contributed by atoms with Crippen molar-refractivity contribution in [3.8, 4) is 17.2 Å². The Morgan fingerprint density at radius 3 is 2.73 bits per heavy atom. The Labute approximate surface area is 150 Å². The fourth-order valence-electron chi connectivity index (χ4n) is 2.49. The van der Waals surface area contributed by atoms with E-state index in [2.05, 4.69) is 4.74 Å². The first-order valence-corrected chi connectivity index (χ1v) is 8.12. The number of esters is 1. The molecular weight excluding hydrogens is 336 g/mol. The molecule has 1 aliphatic rings. The number of benzene rings is 2. The molecule has 2 aromatic carbocycles. The first kappa shape index (κ1) is 17.5. The number of Topliss-reactive ketones (excluding diaryl/α,β-unsaturated/α-hetero) is 1. The first-order valence-electron chi connectivity index (χ1n) is 8.12. The van der Waals surface area contributed by atoms with E-state index in [-0.39, 0.29) is 18.1 Å². The van der Waals surface area contributed by atoms with Crippen molar-refractivity contribution in [3.05, 3.63) is 59.4 Å². The minimum Gasteiger partial charge on any atom is -0.493 e. The normalized spacial score (nSPS) is 13.9. The second-order valence-corrected chi connectivity index (χ2v) is 5.43. The number of rotatable bonds is 6. The predicted molar refractivity (Wildman–Crippen MR) is 94.5 cm³/mol. The summed E-state index contributed by atoms with van der Waals surface area (Å²) in [5.41, 5.74) is 1.20. The van der Waals surface area contributed by atoms with E-state index in [4.69, 9.17) is 14.2 Å². The van der Waals surface area contributed by atoms with Crippen molar-refractivity contribution in [3.63, 3.8) is 0 Å². The fourth-order valence-corrected chi connectivity index (χ4v) is 2.49. The van der Waals surface area contributed by atoms with E-state index in [1.54, 1.807) is 24.3 Å². The van der Waals surface area contributed by atoms with Gasteiger partial charge in [0.2, 0.25) is 5.78 Å². The van der Waals surface area contributed by atoms with Crippen molar-refractivity contribution < 1.29 is 28.5 Å². The fraction of sp³-hybridized carbons (Fsp3) is 0.200. The van der Waals surface area contributed by atoms with Crippen LogP contribution in [0.15, 0.2) is 48.2 Å². The van der Waals surface area contributed by atoms with Crippen LogP contribution in [0.3, 0.4) is 0 Å². The maximum Gasteiger partial charge on any atom is 0.343 e. The molecule has 134 valence electrons. The topological polar surface area (TPSA) is 71.1 Å². The van der Waals surface area contributed by atoms with Crippen LogP contribution in [0.4, 0.5) is 0 Å². The lowest BCUT2D eigenvalue weighted by Gasteiger charge is -2.07. The van der Waals surface area contributed by atoms with Crippen LogP contribution < -0.4 is 14.2 Å².